The zero-order chi connectivity index (χ0) is 10.3. The van der Waals surface area contributed by atoms with Crippen molar-refractivity contribution in [2.45, 2.75) is 26.2 Å². The maximum Gasteiger partial charge on any atom is 0.138 e. The van der Waals surface area contributed by atoms with Gasteiger partial charge < -0.3 is 5.73 Å². The number of anilines is 1. The summed E-state index contributed by atoms with van der Waals surface area (Å²) in [6.45, 7) is 6.35. The van der Waals surface area contributed by atoms with E-state index in [9.17, 15) is 0 Å². The molecule has 2 N–H and O–H groups in total. The fraction of sp³-hybridized carbons (Fsp3) is 0.364. The molecule has 0 bridgehead atoms. The van der Waals surface area contributed by atoms with E-state index in [4.69, 9.17) is 5.73 Å². The van der Waals surface area contributed by atoms with Gasteiger partial charge in [0.15, 0.2) is 0 Å². The minimum absolute atomic E-state index is 0.00387. The molecule has 0 aliphatic rings. The van der Waals surface area contributed by atoms with Gasteiger partial charge in [-0.2, -0.15) is 0 Å². The molecule has 3 nitrogen and oxygen atoms in total. The van der Waals surface area contributed by atoms with E-state index in [0.717, 1.165) is 17.2 Å². The van der Waals surface area contributed by atoms with Gasteiger partial charge >= 0.3 is 0 Å². The molecule has 3 heteroatoms. The summed E-state index contributed by atoms with van der Waals surface area (Å²) < 4.78 is 1.92. The number of nitrogens with zero attached hydrogens (tertiary/aromatic N) is 2. The monoisotopic (exact) mass is 189 g/mol. The van der Waals surface area contributed by atoms with E-state index >= 15 is 0 Å². The molecule has 0 radical (unpaired) electrons. The summed E-state index contributed by atoms with van der Waals surface area (Å²) >= 11 is 0. The van der Waals surface area contributed by atoms with E-state index in [1.54, 1.807) is 0 Å². The third-order valence-corrected chi connectivity index (χ3v) is 2.28. The molecule has 0 spiro atoms. The Kier molecular flexibility index (Phi) is 1.77. The van der Waals surface area contributed by atoms with E-state index in [2.05, 4.69) is 25.8 Å². The third kappa shape index (κ3) is 1.25. The number of nitrogen functional groups attached to an aromatic ring is 1. The summed E-state index contributed by atoms with van der Waals surface area (Å²) in [6.07, 6.45) is 1.94. The van der Waals surface area contributed by atoms with Crippen molar-refractivity contribution in [3.63, 3.8) is 0 Å². The average molecular weight is 189 g/mol. The van der Waals surface area contributed by atoms with Crippen LogP contribution in [0, 0.1) is 0 Å². The van der Waals surface area contributed by atoms with Gasteiger partial charge in [0.25, 0.3) is 0 Å². The van der Waals surface area contributed by atoms with Gasteiger partial charge in [0.05, 0.1) is 5.69 Å². The van der Waals surface area contributed by atoms with E-state index in [-0.39, 0.29) is 5.41 Å². The van der Waals surface area contributed by atoms with Crippen LogP contribution in [-0.2, 0) is 5.41 Å². The first-order chi connectivity index (χ1) is 6.50. The van der Waals surface area contributed by atoms with Crippen LogP contribution in [-0.4, -0.2) is 9.38 Å². The van der Waals surface area contributed by atoms with Crippen LogP contribution in [0.3, 0.4) is 0 Å². The summed E-state index contributed by atoms with van der Waals surface area (Å²) in [5.74, 6) is 0.744. The van der Waals surface area contributed by atoms with Gasteiger partial charge in [-0.05, 0) is 12.1 Å². The highest BCUT2D eigenvalue weighted by Crippen LogP contribution is 2.27. The number of aromatic nitrogens is 2. The maximum absolute atomic E-state index is 6.03. The molecule has 0 amide bonds. The molecule has 2 aromatic rings. The summed E-state index contributed by atoms with van der Waals surface area (Å²) in [5, 5.41) is 0. The van der Waals surface area contributed by atoms with Gasteiger partial charge in [0.2, 0.25) is 0 Å². The largest absolute Gasteiger partial charge is 0.383 e. The van der Waals surface area contributed by atoms with Crippen molar-refractivity contribution in [2.75, 3.05) is 5.73 Å². The van der Waals surface area contributed by atoms with Crippen LogP contribution in [0.4, 0.5) is 5.82 Å². The summed E-state index contributed by atoms with van der Waals surface area (Å²) in [6, 6.07) is 5.89. The highest BCUT2D eigenvalue weighted by Gasteiger charge is 2.21. The molecule has 2 rings (SSSR count). The fourth-order valence-electron chi connectivity index (χ4n) is 1.57. The molecule has 0 aliphatic carbocycles. The van der Waals surface area contributed by atoms with Crippen LogP contribution >= 0.6 is 0 Å². The summed E-state index contributed by atoms with van der Waals surface area (Å²) in [5.41, 5.74) is 7.90. The lowest BCUT2D eigenvalue weighted by Gasteiger charge is -2.15. The van der Waals surface area contributed by atoms with Gasteiger partial charge in [-0.25, -0.2) is 4.98 Å². The van der Waals surface area contributed by atoms with Gasteiger partial charge in [-0.3, -0.25) is 4.40 Å². The van der Waals surface area contributed by atoms with Crippen molar-refractivity contribution in [1.82, 2.24) is 9.38 Å². The van der Waals surface area contributed by atoms with Crippen molar-refractivity contribution in [1.29, 1.82) is 0 Å². The molecule has 0 atom stereocenters. The summed E-state index contributed by atoms with van der Waals surface area (Å²) in [4.78, 5) is 4.52. The Morgan fingerprint density at radius 3 is 2.57 bits per heavy atom. The quantitative estimate of drug-likeness (QED) is 0.690. The highest BCUT2D eigenvalue weighted by atomic mass is 15.1. The molecule has 0 saturated heterocycles. The van der Waals surface area contributed by atoms with Gasteiger partial charge in [0.1, 0.15) is 11.5 Å². The second-order valence-corrected chi connectivity index (χ2v) is 4.52. The Morgan fingerprint density at radius 2 is 2.00 bits per heavy atom. The number of imidazole rings is 1. The molecule has 2 heterocycles. The third-order valence-electron chi connectivity index (χ3n) is 2.28. The fourth-order valence-corrected chi connectivity index (χ4v) is 1.57. The Labute approximate surface area is 83.6 Å². The highest BCUT2D eigenvalue weighted by molar-refractivity contribution is 5.54. The van der Waals surface area contributed by atoms with Crippen molar-refractivity contribution in [3.05, 3.63) is 30.1 Å². The molecule has 0 unspecified atom stereocenters. The van der Waals surface area contributed by atoms with E-state index in [1.165, 1.54) is 0 Å². The minimum Gasteiger partial charge on any atom is -0.383 e. The molecule has 0 aromatic carbocycles. The van der Waals surface area contributed by atoms with Crippen LogP contribution < -0.4 is 5.73 Å². The zero-order valence-corrected chi connectivity index (χ0v) is 8.78. The van der Waals surface area contributed by atoms with Crippen LogP contribution in [0.25, 0.3) is 5.65 Å². The Hall–Kier alpha value is -1.51. The van der Waals surface area contributed by atoms with E-state index in [0.29, 0.717) is 0 Å². The lowest BCUT2D eigenvalue weighted by atomic mass is 9.92. The second-order valence-electron chi connectivity index (χ2n) is 4.52. The van der Waals surface area contributed by atoms with Crippen molar-refractivity contribution in [2.24, 2.45) is 0 Å². The number of fused-ring (bicyclic) bond motifs is 1. The molecule has 2 aromatic heterocycles. The molecular formula is C11H15N3. The zero-order valence-electron chi connectivity index (χ0n) is 8.78. The van der Waals surface area contributed by atoms with Crippen molar-refractivity contribution >= 4 is 11.5 Å². The first-order valence-corrected chi connectivity index (χ1v) is 4.73. The van der Waals surface area contributed by atoms with Gasteiger partial charge in [-0.1, -0.05) is 26.8 Å². The number of nitrogens with two attached hydrogens (primary N) is 1. The predicted molar refractivity (Wildman–Crippen MR) is 58.3 cm³/mol. The number of rotatable bonds is 0. The smallest absolute Gasteiger partial charge is 0.138 e. The lowest BCUT2D eigenvalue weighted by Crippen LogP contribution is -2.14. The topological polar surface area (TPSA) is 43.3 Å². The normalized spacial score (nSPS) is 12.2. The van der Waals surface area contributed by atoms with E-state index in [1.807, 2.05) is 28.8 Å². The second kappa shape index (κ2) is 2.74. The average Bonchev–Trinajstić information content (AvgIpc) is 2.44. The SMILES string of the molecule is CC(C)(C)c1nc2ccccn2c1N. The van der Waals surface area contributed by atoms with Gasteiger partial charge in [-0.15, -0.1) is 0 Å². The van der Waals surface area contributed by atoms with Crippen molar-refractivity contribution in [3.8, 4) is 0 Å². The maximum atomic E-state index is 6.03. The number of hydrogen-bond donors (Lipinski definition) is 1. The lowest BCUT2D eigenvalue weighted by molar-refractivity contribution is 0.576. The van der Waals surface area contributed by atoms with Crippen molar-refractivity contribution < 1.29 is 0 Å². The van der Waals surface area contributed by atoms with Crippen LogP contribution in [0.2, 0.25) is 0 Å². The molecule has 74 valence electrons. The Bertz CT molecular complexity index is 463. The molecule has 0 saturated carbocycles. The van der Waals surface area contributed by atoms with Crippen LogP contribution in [0.15, 0.2) is 24.4 Å². The van der Waals surface area contributed by atoms with E-state index < -0.39 is 0 Å². The molecule has 0 fully saturated rings. The first-order valence-electron chi connectivity index (χ1n) is 4.73. The first kappa shape index (κ1) is 9.06. The number of pyridine rings is 1. The summed E-state index contributed by atoms with van der Waals surface area (Å²) in [7, 11) is 0. The van der Waals surface area contributed by atoms with Gasteiger partial charge in [0, 0.05) is 11.6 Å². The molecular weight excluding hydrogens is 174 g/mol. The molecule has 0 aliphatic heterocycles. The number of hydrogen-bond acceptors (Lipinski definition) is 2. The predicted octanol–water partition coefficient (Wildman–Crippen LogP) is 2.21. The Balaban J connectivity index is 2.75. The molecule has 14 heavy (non-hydrogen) atoms. The minimum atomic E-state index is -0.00387. The van der Waals surface area contributed by atoms with Crippen LogP contribution in [0.1, 0.15) is 26.5 Å². The Morgan fingerprint density at radius 1 is 1.29 bits per heavy atom. The standard InChI is InChI=1S/C11H15N3/c1-11(2,3)9-10(12)14-7-5-4-6-8(14)13-9/h4-7H,12H2,1-3H3. The van der Waals surface area contributed by atoms with Crippen LogP contribution in [0.5, 0.6) is 0 Å².